The number of esters is 1. The lowest BCUT2D eigenvalue weighted by Gasteiger charge is -2.31. The van der Waals surface area contributed by atoms with Crippen LogP contribution in [0.3, 0.4) is 0 Å². The van der Waals surface area contributed by atoms with Gasteiger partial charge in [-0.05, 0) is 37.8 Å². The number of aromatic nitrogens is 4. The summed E-state index contributed by atoms with van der Waals surface area (Å²) in [7, 11) is 0. The number of nitrogens with zero attached hydrogens (tertiary/aromatic N) is 5. The van der Waals surface area contributed by atoms with Gasteiger partial charge in [-0.1, -0.05) is 29.8 Å². The Morgan fingerprint density at radius 2 is 2.08 bits per heavy atom. The molecule has 1 saturated heterocycles. The maximum absolute atomic E-state index is 13.9. The van der Waals surface area contributed by atoms with E-state index >= 15 is 0 Å². The molecule has 0 spiro atoms. The van der Waals surface area contributed by atoms with Gasteiger partial charge in [0.2, 0.25) is 0 Å². The van der Waals surface area contributed by atoms with Crippen LogP contribution in [0.15, 0.2) is 41.6 Å². The first-order chi connectivity index (χ1) is 18.7. The SMILES string of the molecule is CCOC(=O)C(c1ccccc1C(F)(F)F)n1cnc2c1CCN(c1cnn(C3CCCCO3)c(=O)c1Cl)C2. The predicted molar refractivity (Wildman–Crippen MR) is 136 cm³/mol. The van der Waals surface area contributed by atoms with Gasteiger partial charge in [0.1, 0.15) is 5.02 Å². The first-order valence-corrected chi connectivity index (χ1v) is 13.1. The Balaban J connectivity index is 1.47. The van der Waals surface area contributed by atoms with E-state index in [1.54, 1.807) is 6.92 Å². The Labute approximate surface area is 227 Å². The van der Waals surface area contributed by atoms with Crippen molar-refractivity contribution in [2.45, 2.75) is 57.6 Å². The molecule has 5 rings (SSSR count). The highest BCUT2D eigenvalue weighted by Crippen LogP contribution is 2.38. The van der Waals surface area contributed by atoms with Gasteiger partial charge in [-0.3, -0.25) is 4.79 Å². The minimum atomic E-state index is -4.66. The quantitative estimate of drug-likeness (QED) is 0.406. The molecular formula is C26H27ClF3N5O4. The summed E-state index contributed by atoms with van der Waals surface area (Å²) in [6.45, 7) is 2.76. The average molecular weight is 566 g/mol. The van der Waals surface area contributed by atoms with Gasteiger partial charge in [0.05, 0.1) is 42.6 Å². The van der Waals surface area contributed by atoms with Crippen LogP contribution in [0.25, 0.3) is 0 Å². The zero-order chi connectivity index (χ0) is 27.7. The molecule has 1 aromatic carbocycles. The lowest BCUT2D eigenvalue weighted by atomic mass is 9.98. The van der Waals surface area contributed by atoms with Crippen LogP contribution in [-0.4, -0.2) is 45.1 Å². The van der Waals surface area contributed by atoms with E-state index in [0.29, 0.717) is 43.1 Å². The van der Waals surface area contributed by atoms with E-state index in [0.717, 1.165) is 18.9 Å². The number of hydrogen-bond acceptors (Lipinski definition) is 7. The van der Waals surface area contributed by atoms with Crippen LogP contribution in [0.4, 0.5) is 18.9 Å². The summed E-state index contributed by atoms with van der Waals surface area (Å²) in [5.74, 6) is -0.808. The number of rotatable bonds is 6. The maximum Gasteiger partial charge on any atom is 0.416 e. The Morgan fingerprint density at radius 3 is 2.79 bits per heavy atom. The Bertz CT molecular complexity index is 1420. The number of hydrogen-bond donors (Lipinski definition) is 0. The Hall–Kier alpha value is -3.38. The van der Waals surface area contributed by atoms with E-state index < -0.39 is 35.5 Å². The predicted octanol–water partition coefficient (Wildman–Crippen LogP) is 4.53. The van der Waals surface area contributed by atoms with Gasteiger partial charge in [-0.25, -0.2) is 9.78 Å². The number of halogens is 4. The van der Waals surface area contributed by atoms with Crippen LogP contribution in [0.5, 0.6) is 0 Å². The van der Waals surface area contributed by atoms with Crippen LogP contribution in [-0.2, 0) is 33.4 Å². The zero-order valence-corrected chi connectivity index (χ0v) is 21.9. The molecule has 9 nitrogen and oxygen atoms in total. The molecular weight excluding hydrogens is 539 g/mol. The molecule has 208 valence electrons. The average Bonchev–Trinajstić information content (AvgIpc) is 3.33. The van der Waals surface area contributed by atoms with Crippen LogP contribution in [0.2, 0.25) is 5.02 Å². The number of carbonyl (C=O) groups excluding carboxylic acids is 1. The van der Waals surface area contributed by atoms with Gasteiger partial charge in [0.15, 0.2) is 12.3 Å². The summed E-state index contributed by atoms with van der Waals surface area (Å²) in [5.41, 5.74) is 0.00203. The molecule has 0 saturated carbocycles. The Kier molecular flexibility index (Phi) is 7.68. The molecule has 13 heteroatoms. The van der Waals surface area contributed by atoms with E-state index in [1.807, 2.05) is 4.90 Å². The van der Waals surface area contributed by atoms with Crippen LogP contribution in [0, 0.1) is 0 Å². The van der Waals surface area contributed by atoms with Crippen molar-refractivity contribution in [2.75, 3.05) is 24.7 Å². The summed E-state index contributed by atoms with van der Waals surface area (Å²) in [5, 5.41) is 4.31. The topological polar surface area (TPSA) is 91.5 Å². The van der Waals surface area contributed by atoms with Crippen molar-refractivity contribution in [3.8, 4) is 0 Å². The number of ether oxygens (including phenoxy) is 2. The second kappa shape index (κ2) is 11.0. The fourth-order valence-corrected chi connectivity index (χ4v) is 5.40. The third-order valence-corrected chi connectivity index (χ3v) is 7.34. The summed E-state index contributed by atoms with van der Waals surface area (Å²) in [6.07, 6.45) is 0.628. The molecule has 0 amide bonds. The Morgan fingerprint density at radius 1 is 1.28 bits per heavy atom. The number of alkyl halides is 3. The van der Waals surface area contributed by atoms with E-state index in [-0.39, 0.29) is 23.7 Å². The highest BCUT2D eigenvalue weighted by molar-refractivity contribution is 6.33. The molecule has 2 unspecified atom stereocenters. The number of imidazole rings is 1. The van der Waals surface area contributed by atoms with Crippen LogP contribution in [0.1, 0.15) is 61.0 Å². The van der Waals surface area contributed by atoms with Gasteiger partial charge in [0, 0.05) is 25.3 Å². The van der Waals surface area contributed by atoms with Gasteiger partial charge < -0.3 is 18.9 Å². The summed E-state index contributed by atoms with van der Waals surface area (Å²) < 4.78 is 55.1. The minimum absolute atomic E-state index is 0.00515. The molecule has 39 heavy (non-hydrogen) atoms. The van der Waals surface area contributed by atoms with Crippen molar-refractivity contribution < 1.29 is 27.4 Å². The highest BCUT2D eigenvalue weighted by Gasteiger charge is 2.39. The second-order valence-corrected chi connectivity index (χ2v) is 9.75. The molecule has 0 aliphatic carbocycles. The first kappa shape index (κ1) is 27.2. The highest BCUT2D eigenvalue weighted by atomic mass is 35.5. The van der Waals surface area contributed by atoms with E-state index in [9.17, 15) is 22.8 Å². The standard InChI is InChI=1S/C26H27ClF3N5O4/c1-2-38-25(37)23(16-7-3-4-8-17(16)26(28,29)30)34-15-31-18-14-33(11-10-19(18)34)20-13-32-35(24(36)22(20)27)21-9-5-6-12-39-21/h3-4,7-8,13,15,21,23H,2,5-6,9-12,14H2,1H3. The zero-order valence-electron chi connectivity index (χ0n) is 21.2. The summed E-state index contributed by atoms with van der Waals surface area (Å²) >= 11 is 6.49. The van der Waals surface area contributed by atoms with Crippen molar-refractivity contribution in [3.05, 3.63) is 74.7 Å². The van der Waals surface area contributed by atoms with Crippen molar-refractivity contribution >= 4 is 23.3 Å². The van der Waals surface area contributed by atoms with E-state index in [4.69, 9.17) is 21.1 Å². The summed E-state index contributed by atoms with van der Waals surface area (Å²) in [6, 6.07) is 3.60. The third-order valence-electron chi connectivity index (χ3n) is 6.98. The molecule has 2 atom stereocenters. The van der Waals surface area contributed by atoms with Gasteiger partial charge in [-0.2, -0.15) is 23.0 Å². The molecule has 1 fully saturated rings. The number of anilines is 1. The molecule has 0 bridgehead atoms. The largest absolute Gasteiger partial charge is 0.464 e. The molecule has 2 aromatic heterocycles. The van der Waals surface area contributed by atoms with Gasteiger partial charge in [-0.15, -0.1) is 0 Å². The van der Waals surface area contributed by atoms with Crippen LogP contribution < -0.4 is 10.5 Å². The number of carbonyl (C=O) groups is 1. The molecule has 3 aromatic rings. The molecule has 2 aliphatic heterocycles. The van der Waals surface area contributed by atoms with Gasteiger partial charge in [0.25, 0.3) is 5.56 Å². The fourth-order valence-electron chi connectivity index (χ4n) is 5.14. The number of benzene rings is 1. The normalized spacial score (nSPS) is 18.5. The summed E-state index contributed by atoms with van der Waals surface area (Å²) in [4.78, 5) is 32.3. The van der Waals surface area contributed by atoms with E-state index in [2.05, 4.69) is 10.1 Å². The molecule has 4 heterocycles. The first-order valence-electron chi connectivity index (χ1n) is 12.7. The molecule has 0 N–H and O–H groups in total. The van der Waals surface area contributed by atoms with Crippen molar-refractivity contribution in [2.24, 2.45) is 0 Å². The lowest BCUT2D eigenvalue weighted by molar-refractivity contribution is -0.147. The monoisotopic (exact) mass is 565 g/mol. The maximum atomic E-state index is 13.9. The molecule has 2 aliphatic rings. The lowest BCUT2D eigenvalue weighted by Crippen LogP contribution is -2.36. The smallest absolute Gasteiger partial charge is 0.416 e. The minimum Gasteiger partial charge on any atom is -0.464 e. The van der Waals surface area contributed by atoms with Crippen molar-refractivity contribution in [1.29, 1.82) is 0 Å². The number of fused-ring (bicyclic) bond motifs is 1. The van der Waals surface area contributed by atoms with Crippen molar-refractivity contribution in [1.82, 2.24) is 19.3 Å². The molecule has 0 radical (unpaired) electrons. The third kappa shape index (κ3) is 5.27. The fraction of sp³-hybridized carbons (Fsp3) is 0.462. The second-order valence-electron chi connectivity index (χ2n) is 9.37. The van der Waals surface area contributed by atoms with Gasteiger partial charge >= 0.3 is 12.1 Å². The van der Waals surface area contributed by atoms with E-state index in [1.165, 1.54) is 40.0 Å². The van der Waals surface area contributed by atoms with Crippen molar-refractivity contribution in [3.63, 3.8) is 0 Å². The van der Waals surface area contributed by atoms with Crippen LogP contribution >= 0.6 is 11.6 Å².